The lowest BCUT2D eigenvalue weighted by atomic mass is 10.0. The summed E-state index contributed by atoms with van der Waals surface area (Å²) in [4.78, 5) is 9.36. The average molecular weight is 273 g/mol. The summed E-state index contributed by atoms with van der Waals surface area (Å²) in [5.41, 5.74) is 2.54. The van der Waals surface area contributed by atoms with E-state index in [9.17, 15) is 0 Å². The van der Waals surface area contributed by atoms with E-state index in [2.05, 4.69) is 60.1 Å². The van der Waals surface area contributed by atoms with Crippen LogP contribution in [0.5, 0.6) is 0 Å². The highest BCUT2D eigenvalue weighted by Crippen LogP contribution is 2.18. The molecule has 0 spiro atoms. The van der Waals surface area contributed by atoms with E-state index in [0.29, 0.717) is 6.04 Å². The molecule has 20 heavy (non-hydrogen) atoms. The van der Waals surface area contributed by atoms with Crippen LogP contribution < -0.4 is 0 Å². The average Bonchev–Trinajstić information content (AvgIpc) is 2.47. The van der Waals surface area contributed by atoms with Gasteiger partial charge in [0, 0.05) is 38.2 Å². The van der Waals surface area contributed by atoms with Crippen LogP contribution in [0.2, 0.25) is 0 Å². The monoisotopic (exact) mass is 273 g/mol. The standard InChI is InChI=1S/C17H27N3/c1-4-5-9-17-16(18-10-13-19(17)3)14-15(2)20-11-7-6-8-12-20/h4-5,10,13-14,17H,6-9,11-12H2,1-3H3/b5-4+,15-14+/t17-/m1/s1. The van der Waals surface area contributed by atoms with Crippen LogP contribution >= 0.6 is 0 Å². The van der Waals surface area contributed by atoms with E-state index in [0.717, 1.165) is 6.42 Å². The molecule has 110 valence electrons. The minimum atomic E-state index is 0.357. The minimum absolute atomic E-state index is 0.357. The normalized spacial score (nSPS) is 24.4. The number of nitrogens with zero attached hydrogens (tertiary/aromatic N) is 3. The van der Waals surface area contributed by atoms with E-state index in [4.69, 9.17) is 0 Å². The molecule has 0 aromatic rings. The Hall–Kier alpha value is -1.51. The summed E-state index contributed by atoms with van der Waals surface area (Å²) in [5.74, 6) is 0. The Morgan fingerprint density at radius 2 is 2.10 bits per heavy atom. The molecule has 2 rings (SSSR count). The van der Waals surface area contributed by atoms with Gasteiger partial charge in [-0.2, -0.15) is 0 Å². The Labute approximate surface area is 123 Å². The molecule has 2 aliphatic heterocycles. The first-order valence-electron chi connectivity index (χ1n) is 7.73. The van der Waals surface area contributed by atoms with Crippen LogP contribution in [0.4, 0.5) is 0 Å². The molecule has 0 radical (unpaired) electrons. The fraction of sp³-hybridized carbons (Fsp3) is 0.588. The Kier molecular flexibility index (Phi) is 5.45. The van der Waals surface area contributed by atoms with Crippen molar-refractivity contribution in [3.8, 4) is 0 Å². The molecule has 0 saturated carbocycles. The van der Waals surface area contributed by atoms with E-state index < -0.39 is 0 Å². The number of piperidine rings is 1. The summed E-state index contributed by atoms with van der Waals surface area (Å²) in [5, 5.41) is 0. The van der Waals surface area contributed by atoms with Crippen LogP contribution in [0.1, 0.15) is 39.5 Å². The quantitative estimate of drug-likeness (QED) is 0.729. The van der Waals surface area contributed by atoms with Crippen molar-refractivity contribution in [2.75, 3.05) is 20.1 Å². The number of rotatable bonds is 4. The van der Waals surface area contributed by atoms with Crippen molar-refractivity contribution in [3.05, 3.63) is 36.3 Å². The van der Waals surface area contributed by atoms with Crippen molar-refractivity contribution in [3.63, 3.8) is 0 Å². The summed E-state index contributed by atoms with van der Waals surface area (Å²) in [6.45, 7) is 6.69. The molecular weight excluding hydrogens is 246 g/mol. The Morgan fingerprint density at radius 3 is 2.80 bits per heavy atom. The first kappa shape index (κ1) is 14.9. The maximum Gasteiger partial charge on any atom is 0.0740 e. The molecular formula is C17H27N3. The van der Waals surface area contributed by atoms with Gasteiger partial charge in [-0.05, 0) is 45.6 Å². The molecule has 3 heteroatoms. The van der Waals surface area contributed by atoms with Crippen LogP contribution in [0.25, 0.3) is 0 Å². The van der Waals surface area contributed by atoms with Crippen molar-refractivity contribution in [1.82, 2.24) is 9.80 Å². The van der Waals surface area contributed by atoms with Crippen molar-refractivity contribution in [2.45, 2.75) is 45.6 Å². The zero-order chi connectivity index (χ0) is 14.4. The largest absolute Gasteiger partial charge is 0.375 e. The topological polar surface area (TPSA) is 18.8 Å². The highest BCUT2D eigenvalue weighted by Gasteiger charge is 2.19. The first-order chi connectivity index (χ1) is 9.72. The van der Waals surface area contributed by atoms with Gasteiger partial charge in [-0.15, -0.1) is 0 Å². The van der Waals surface area contributed by atoms with Gasteiger partial charge in [-0.1, -0.05) is 12.2 Å². The van der Waals surface area contributed by atoms with Gasteiger partial charge in [0.2, 0.25) is 0 Å². The fourth-order valence-electron chi connectivity index (χ4n) is 2.86. The van der Waals surface area contributed by atoms with Crippen molar-refractivity contribution >= 4 is 5.71 Å². The number of hydrogen-bond acceptors (Lipinski definition) is 3. The molecule has 0 unspecified atom stereocenters. The lowest BCUT2D eigenvalue weighted by Gasteiger charge is -2.32. The zero-order valence-electron chi connectivity index (χ0n) is 13.0. The molecule has 2 aliphatic rings. The summed E-state index contributed by atoms with van der Waals surface area (Å²) < 4.78 is 0. The van der Waals surface area contributed by atoms with E-state index in [1.54, 1.807) is 0 Å². The van der Waals surface area contributed by atoms with E-state index in [1.807, 2.05) is 6.20 Å². The van der Waals surface area contributed by atoms with Gasteiger partial charge >= 0.3 is 0 Å². The molecule has 2 heterocycles. The Balaban J connectivity index is 2.11. The fourth-order valence-corrected chi connectivity index (χ4v) is 2.86. The maximum atomic E-state index is 4.61. The summed E-state index contributed by atoms with van der Waals surface area (Å²) in [6, 6.07) is 0.357. The van der Waals surface area contributed by atoms with Gasteiger partial charge in [-0.25, -0.2) is 0 Å². The van der Waals surface area contributed by atoms with E-state index >= 15 is 0 Å². The van der Waals surface area contributed by atoms with Gasteiger partial charge in [0.1, 0.15) is 0 Å². The lowest BCUT2D eigenvalue weighted by Crippen LogP contribution is -2.36. The second-order valence-electron chi connectivity index (χ2n) is 5.67. The van der Waals surface area contributed by atoms with Gasteiger partial charge in [0.15, 0.2) is 0 Å². The van der Waals surface area contributed by atoms with Crippen LogP contribution in [0, 0.1) is 0 Å². The van der Waals surface area contributed by atoms with E-state index in [1.165, 1.54) is 43.8 Å². The molecule has 0 N–H and O–H groups in total. The molecule has 1 fully saturated rings. The first-order valence-corrected chi connectivity index (χ1v) is 7.73. The minimum Gasteiger partial charge on any atom is -0.375 e. The number of likely N-dealkylation sites (tertiary alicyclic amines) is 1. The molecule has 0 bridgehead atoms. The molecule has 1 saturated heterocycles. The molecule has 0 aliphatic carbocycles. The van der Waals surface area contributed by atoms with Crippen LogP contribution in [-0.2, 0) is 0 Å². The number of aliphatic imine (C=N–C) groups is 1. The summed E-state index contributed by atoms with van der Waals surface area (Å²) >= 11 is 0. The second-order valence-corrected chi connectivity index (χ2v) is 5.67. The van der Waals surface area contributed by atoms with Crippen molar-refractivity contribution in [2.24, 2.45) is 4.99 Å². The van der Waals surface area contributed by atoms with Gasteiger partial charge in [0.25, 0.3) is 0 Å². The predicted octanol–water partition coefficient (Wildman–Crippen LogP) is 3.57. The maximum absolute atomic E-state index is 4.61. The number of hydrogen-bond donors (Lipinski definition) is 0. The zero-order valence-corrected chi connectivity index (χ0v) is 13.0. The highest BCUT2D eigenvalue weighted by molar-refractivity contribution is 6.00. The van der Waals surface area contributed by atoms with Gasteiger partial charge < -0.3 is 9.80 Å². The number of allylic oxidation sites excluding steroid dienone is 2. The summed E-state index contributed by atoms with van der Waals surface area (Å²) in [7, 11) is 2.13. The molecule has 0 aromatic carbocycles. The molecule has 3 nitrogen and oxygen atoms in total. The highest BCUT2D eigenvalue weighted by atomic mass is 15.2. The van der Waals surface area contributed by atoms with Crippen molar-refractivity contribution < 1.29 is 0 Å². The van der Waals surface area contributed by atoms with Gasteiger partial charge in [0.05, 0.1) is 11.8 Å². The predicted molar refractivity (Wildman–Crippen MR) is 86.7 cm³/mol. The summed E-state index contributed by atoms with van der Waals surface area (Å²) in [6.07, 6.45) is 15.6. The van der Waals surface area contributed by atoms with Gasteiger partial charge in [-0.3, -0.25) is 4.99 Å². The SMILES string of the molecule is C/C=C/C[C@@H]1C(/C=C(\C)N2CCCCC2)=NC=CN1C. The second kappa shape index (κ2) is 7.32. The van der Waals surface area contributed by atoms with Crippen LogP contribution in [0.15, 0.2) is 41.3 Å². The van der Waals surface area contributed by atoms with Crippen LogP contribution in [-0.4, -0.2) is 41.7 Å². The lowest BCUT2D eigenvalue weighted by molar-refractivity contribution is 0.286. The van der Waals surface area contributed by atoms with E-state index in [-0.39, 0.29) is 0 Å². The third-order valence-corrected chi connectivity index (χ3v) is 4.17. The van der Waals surface area contributed by atoms with Crippen LogP contribution in [0.3, 0.4) is 0 Å². The molecule has 0 aromatic heterocycles. The molecule has 1 atom stereocenters. The Bertz CT molecular complexity index is 426. The third kappa shape index (κ3) is 3.75. The van der Waals surface area contributed by atoms with Crippen molar-refractivity contribution in [1.29, 1.82) is 0 Å². The molecule has 0 amide bonds. The third-order valence-electron chi connectivity index (χ3n) is 4.17. The Morgan fingerprint density at radius 1 is 1.35 bits per heavy atom. The smallest absolute Gasteiger partial charge is 0.0740 e.